The topological polar surface area (TPSA) is 127 Å². The highest BCUT2D eigenvalue weighted by molar-refractivity contribution is 7.99. The second-order valence-corrected chi connectivity index (χ2v) is 10.8. The van der Waals surface area contributed by atoms with Crippen molar-refractivity contribution in [1.82, 2.24) is 29.4 Å². The number of sulfonamides is 1. The van der Waals surface area contributed by atoms with Crippen molar-refractivity contribution in [2.75, 3.05) is 33.2 Å². The number of benzene rings is 1. The van der Waals surface area contributed by atoms with E-state index in [0.29, 0.717) is 36.2 Å². The molecule has 1 saturated heterocycles. The molecule has 0 bridgehead atoms. The number of nitrogens with zero attached hydrogens (tertiary/aromatic N) is 7. The number of rotatable bonds is 6. The van der Waals surface area contributed by atoms with Gasteiger partial charge >= 0.3 is 0 Å². The van der Waals surface area contributed by atoms with Crippen LogP contribution in [-0.2, 0) is 10.0 Å². The quantitative estimate of drug-likeness (QED) is 0.464. The van der Waals surface area contributed by atoms with Gasteiger partial charge in [-0.25, -0.2) is 13.1 Å². The van der Waals surface area contributed by atoms with Crippen LogP contribution >= 0.6 is 11.8 Å². The molecule has 0 atom stereocenters. The summed E-state index contributed by atoms with van der Waals surface area (Å²) >= 11 is 1.09. The van der Waals surface area contributed by atoms with Crippen molar-refractivity contribution in [2.24, 2.45) is 0 Å². The van der Waals surface area contributed by atoms with Gasteiger partial charge in [-0.15, -0.1) is 5.10 Å². The highest BCUT2D eigenvalue weighted by atomic mass is 32.2. The number of aromatic nitrogens is 4. The highest BCUT2D eigenvalue weighted by Gasteiger charge is 2.30. The van der Waals surface area contributed by atoms with Gasteiger partial charge in [0.15, 0.2) is 0 Å². The van der Waals surface area contributed by atoms with Crippen LogP contribution in [0.5, 0.6) is 0 Å². The zero-order valence-corrected chi connectivity index (χ0v) is 18.9. The second kappa shape index (κ2) is 9.18. The fraction of sp³-hybridized carbons (Fsp3) is 0.611. The molecule has 0 spiro atoms. The first-order valence-electron chi connectivity index (χ1n) is 10.3. The van der Waals surface area contributed by atoms with Gasteiger partial charge in [0.25, 0.3) is 5.69 Å². The van der Waals surface area contributed by atoms with E-state index in [1.807, 2.05) is 11.9 Å². The summed E-state index contributed by atoms with van der Waals surface area (Å²) in [6, 6.07) is 4.23. The highest BCUT2D eigenvalue weighted by Crippen LogP contribution is 2.38. The lowest BCUT2D eigenvalue weighted by Gasteiger charge is -2.31. The summed E-state index contributed by atoms with van der Waals surface area (Å²) in [5.74, 6) is 0. The van der Waals surface area contributed by atoms with Crippen molar-refractivity contribution in [3.63, 3.8) is 0 Å². The SMILES string of the molecule is CN1CCN(S(=O)(=O)c2ccc(Sc3nnnn3C3CCCCC3)c([N+](=O)[O-])c2)CC1. The summed E-state index contributed by atoms with van der Waals surface area (Å²) in [4.78, 5) is 13.5. The van der Waals surface area contributed by atoms with Crippen LogP contribution in [0.2, 0.25) is 0 Å². The Morgan fingerprint density at radius 2 is 1.84 bits per heavy atom. The van der Waals surface area contributed by atoms with Crippen molar-refractivity contribution in [1.29, 1.82) is 0 Å². The number of hydrogen-bond acceptors (Lipinski definition) is 9. The first-order valence-corrected chi connectivity index (χ1v) is 12.5. The van der Waals surface area contributed by atoms with Gasteiger partial charge in [0, 0.05) is 32.2 Å². The van der Waals surface area contributed by atoms with E-state index in [9.17, 15) is 18.5 Å². The molecule has 1 aromatic carbocycles. The molecule has 0 radical (unpaired) electrons. The van der Waals surface area contributed by atoms with Crippen molar-refractivity contribution in [2.45, 2.75) is 53.1 Å². The van der Waals surface area contributed by atoms with Crippen LogP contribution in [0.15, 0.2) is 33.1 Å². The summed E-state index contributed by atoms with van der Waals surface area (Å²) < 4.78 is 29.1. The third-order valence-corrected chi connectivity index (χ3v) is 8.72. The average Bonchev–Trinajstić information content (AvgIpc) is 3.23. The predicted octanol–water partition coefficient (Wildman–Crippen LogP) is 2.17. The van der Waals surface area contributed by atoms with Crippen LogP contribution in [0, 0.1) is 10.1 Å². The molecule has 2 fully saturated rings. The zero-order chi connectivity index (χ0) is 22.0. The minimum Gasteiger partial charge on any atom is -0.304 e. The standard InChI is InChI=1S/C18H25N7O4S2/c1-22-9-11-23(12-10-22)31(28,29)15-7-8-17(16(13-15)25(26)27)30-18-19-20-21-24(18)14-5-3-2-4-6-14/h7-8,13-14H,2-6,9-12H2,1H3. The lowest BCUT2D eigenvalue weighted by Crippen LogP contribution is -2.47. The van der Waals surface area contributed by atoms with Gasteiger partial charge in [-0.2, -0.15) is 4.31 Å². The van der Waals surface area contributed by atoms with Gasteiger partial charge in [0.1, 0.15) is 0 Å². The van der Waals surface area contributed by atoms with Crippen molar-refractivity contribution < 1.29 is 13.3 Å². The first kappa shape index (κ1) is 22.1. The number of likely N-dealkylation sites (N-methyl/N-ethyl adjacent to an activating group) is 1. The smallest absolute Gasteiger partial charge is 0.284 e. The summed E-state index contributed by atoms with van der Waals surface area (Å²) in [6.07, 6.45) is 5.35. The molecule has 31 heavy (non-hydrogen) atoms. The van der Waals surface area contributed by atoms with E-state index < -0.39 is 14.9 Å². The molecule has 11 nitrogen and oxygen atoms in total. The maximum atomic E-state index is 13.0. The van der Waals surface area contributed by atoms with E-state index in [4.69, 9.17) is 0 Å². The average molecular weight is 468 g/mol. The van der Waals surface area contributed by atoms with Gasteiger partial charge in [-0.05, 0) is 54.2 Å². The van der Waals surface area contributed by atoms with Gasteiger partial charge in [0.2, 0.25) is 15.2 Å². The predicted molar refractivity (Wildman–Crippen MR) is 113 cm³/mol. The normalized spacial score (nSPS) is 19.5. The van der Waals surface area contributed by atoms with Crippen LogP contribution in [0.1, 0.15) is 38.1 Å². The van der Waals surface area contributed by atoms with E-state index in [1.54, 1.807) is 4.68 Å². The lowest BCUT2D eigenvalue weighted by atomic mass is 9.96. The maximum Gasteiger partial charge on any atom is 0.284 e. The van der Waals surface area contributed by atoms with E-state index >= 15 is 0 Å². The molecule has 13 heteroatoms. The third kappa shape index (κ3) is 4.73. The Labute approximate surface area is 185 Å². The van der Waals surface area contributed by atoms with Crippen molar-refractivity contribution >= 4 is 27.5 Å². The molecular weight excluding hydrogens is 442 g/mol. The Hall–Kier alpha value is -2.09. The van der Waals surface area contributed by atoms with E-state index in [2.05, 4.69) is 15.5 Å². The zero-order valence-electron chi connectivity index (χ0n) is 17.3. The maximum absolute atomic E-state index is 13.0. The molecule has 2 aliphatic rings. The molecule has 0 N–H and O–H groups in total. The largest absolute Gasteiger partial charge is 0.304 e. The van der Waals surface area contributed by atoms with Crippen LogP contribution in [0.4, 0.5) is 5.69 Å². The molecule has 0 unspecified atom stereocenters. The van der Waals surface area contributed by atoms with Crippen LogP contribution in [-0.4, -0.2) is 76.0 Å². The third-order valence-electron chi connectivity index (χ3n) is 5.81. The van der Waals surface area contributed by atoms with Gasteiger partial charge < -0.3 is 4.90 Å². The summed E-state index contributed by atoms with van der Waals surface area (Å²) in [6.45, 7) is 1.97. The Morgan fingerprint density at radius 3 is 2.52 bits per heavy atom. The van der Waals surface area contributed by atoms with E-state index in [-0.39, 0.29) is 16.6 Å². The number of hydrogen-bond donors (Lipinski definition) is 0. The Bertz CT molecular complexity index is 1040. The number of nitro groups is 1. The Kier molecular flexibility index (Phi) is 6.55. The van der Waals surface area contributed by atoms with E-state index in [0.717, 1.165) is 43.5 Å². The van der Waals surface area contributed by atoms with Crippen LogP contribution < -0.4 is 0 Å². The Morgan fingerprint density at radius 1 is 1.13 bits per heavy atom. The molecule has 2 heterocycles. The summed E-state index contributed by atoms with van der Waals surface area (Å²) in [5.41, 5.74) is -0.265. The lowest BCUT2D eigenvalue weighted by molar-refractivity contribution is -0.388. The van der Waals surface area contributed by atoms with Gasteiger partial charge in [-0.3, -0.25) is 10.1 Å². The molecule has 1 aliphatic carbocycles. The fourth-order valence-corrected chi connectivity index (χ4v) is 6.34. The van der Waals surface area contributed by atoms with Crippen molar-refractivity contribution in [3.05, 3.63) is 28.3 Å². The van der Waals surface area contributed by atoms with Crippen LogP contribution in [0.3, 0.4) is 0 Å². The molecular formula is C18H25N7O4S2. The molecule has 1 aliphatic heterocycles. The monoisotopic (exact) mass is 467 g/mol. The molecule has 1 saturated carbocycles. The second-order valence-electron chi connectivity index (χ2n) is 7.89. The molecule has 2 aromatic rings. The summed E-state index contributed by atoms with van der Waals surface area (Å²) in [7, 11) is -1.87. The minimum absolute atomic E-state index is 0.0695. The minimum atomic E-state index is -3.80. The van der Waals surface area contributed by atoms with Crippen LogP contribution in [0.25, 0.3) is 0 Å². The van der Waals surface area contributed by atoms with Crippen molar-refractivity contribution in [3.8, 4) is 0 Å². The van der Waals surface area contributed by atoms with E-state index in [1.165, 1.54) is 22.9 Å². The molecule has 4 rings (SSSR count). The molecule has 0 amide bonds. The summed E-state index contributed by atoms with van der Waals surface area (Å²) in [5, 5.41) is 24.1. The van der Waals surface area contributed by atoms with Gasteiger partial charge in [-0.1, -0.05) is 19.3 Å². The fourth-order valence-electron chi connectivity index (χ4n) is 3.97. The number of piperazine rings is 1. The molecule has 1 aromatic heterocycles. The Balaban J connectivity index is 1.60. The molecule has 168 valence electrons. The first-order chi connectivity index (χ1) is 14.9. The number of tetrazole rings is 1. The van der Waals surface area contributed by atoms with Gasteiger partial charge in [0.05, 0.1) is 20.8 Å². The number of nitro benzene ring substituents is 1.